The predicted molar refractivity (Wildman–Crippen MR) is 84.4 cm³/mol. The van der Waals surface area contributed by atoms with Crippen molar-refractivity contribution < 1.29 is 22.1 Å². The predicted octanol–water partition coefficient (Wildman–Crippen LogP) is 2.59. The molecular weight excluding hydrogens is 292 g/mol. The minimum absolute atomic E-state index is 0.0378. The van der Waals surface area contributed by atoms with E-state index in [-0.39, 0.29) is 12.9 Å². The van der Waals surface area contributed by atoms with Crippen LogP contribution in [0.5, 0.6) is 0 Å². The average molecular weight is 316 g/mol. The summed E-state index contributed by atoms with van der Waals surface area (Å²) >= 11 is 0. The Balaban J connectivity index is 4.37. The van der Waals surface area contributed by atoms with Crippen LogP contribution in [0.1, 0.15) is 13.8 Å². The van der Waals surface area contributed by atoms with Gasteiger partial charge in [0.05, 0.1) is 12.9 Å². The summed E-state index contributed by atoms with van der Waals surface area (Å²) in [6.07, 6.45) is 11.7. The molecule has 0 aliphatic heterocycles. The molecule has 6 heteroatoms. The zero-order valence-corrected chi connectivity index (χ0v) is 14.0. The number of hydrogen-bond donors (Lipinski definition) is 0. The second-order valence-corrected chi connectivity index (χ2v) is 6.04. The Morgan fingerprint density at radius 3 is 2.19 bits per heavy atom. The fourth-order valence-corrected chi connectivity index (χ4v) is 1.74. The summed E-state index contributed by atoms with van der Waals surface area (Å²) in [5.74, 6) is 0. The van der Waals surface area contributed by atoms with Crippen LogP contribution in [0.3, 0.4) is 0 Å². The first kappa shape index (κ1) is 19.8. The zero-order chi connectivity index (χ0) is 16.3. The highest BCUT2D eigenvalue weighted by atomic mass is 32.2. The van der Waals surface area contributed by atoms with Gasteiger partial charge < -0.3 is 9.47 Å². The summed E-state index contributed by atoms with van der Waals surface area (Å²) in [6, 6.07) is 0. The number of rotatable bonds is 9. The van der Waals surface area contributed by atoms with Crippen molar-refractivity contribution in [2.75, 3.05) is 27.1 Å². The van der Waals surface area contributed by atoms with Crippen molar-refractivity contribution in [3.05, 3.63) is 47.6 Å². The summed E-state index contributed by atoms with van der Waals surface area (Å²) in [4.78, 5) is 0. The molecule has 0 fully saturated rings. The lowest BCUT2D eigenvalue weighted by Crippen LogP contribution is -2.13. The van der Waals surface area contributed by atoms with Crippen LogP contribution in [0.2, 0.25) is 0 Å². The van der Waals surface area contributed by atoms with Gasteiger partial charge in [-0.25, -0.2) is 0 Å². The van der Waals surface area contributed by atoms with E-state index in [0.717, 1.165) is 17.4 Å². The highest BCUT2D eigenvalue weighted by molar-refractivity contribution is 7.85. The molecule has 0 heterocycles. The maximum Gasteiger partial charge on any atom is 0.264 e. The summed E-state index contributed by atoms with van der Waals surface area (Å²) in [7, 11) is -0.210. The van der Waals surface area contributed by atoms with Gasteiger partial charge in [-0.05, 0) is 19.4 Å². The van der Waals surface area contributed by atoms with Gasteiger partial charge in [-0.3, -0.25) is 4.18 Å². The Morgan fingerprint density at radius 2 is 1.67 bits per heavy atom. The molecule has 21 heavy (non-hydrogen) atoms. The molecule has 0 spiro atoms. The van der Waals surface area contributed by atoms with Crippen molar-refractivity contribution >= 4 is 10.1 Å². The lowest BCUT2D eigenvalue weighted by molar-refractivity contribution is -0.0746. The second-order valence-electron chi connectivity index (χ2n) is 4.40. The standard InChI is InChI=1S/C15H24O5S/c1-13(10-8-12-20-21(5,16)17)9-6-7-11-14(2)15(18-3)19-4/h6-11,15H,12H2,1-5H3. The van der Waals surface area contributed by atoms with E-state index in [4.69, 9.17) is 9.47 Å². The molecule has 0 N–H and O–H groups in total. The average Bonchev–Trinajstić information content (AvgIpc) is 2.40. The number of allylic oxidation sites excluding steroid dienone is 6. The van der Waals surface area contributed by atoms with E-state index in [1.807, 2.05) is 38.2 Å². The van der Waals surface area contributed by atoms with Crippen molar-refractivity contribution in [3.8, 4) is 0 Å². The van der Waals surface area contributed by atoms with Gasteiger partial charge in [0.25, 0.3) is 10.1 Å². The fraction of sp³-hybridized carbons (Fsp3) is 0.467. The van der Waals surface area contributed by atoms with Crippen LogP contribution < -0.4 is 0 Å². The van der Waals surface area contributed by atoms with E-state index in [1.165, 1.54) is 0 Å². The van der Waals surface area contributed by atoms with Crippen molar-refractivity contribution in [1.82, 2.24) is 0 Å². The molecule has 120 valence electrons. The fourth-order valence-electron chi connectivity index (χ4n) is 1.41. The minimum Gasteiger partial charge on any atom is -0.352 e. The van der Waals surface area contributed by atoms with Crippen LogP contribution in [0.15, 0.2) is 47.6 Å². The molecule has 0 bridgehead atoms. The van der Waals surface area contributed by atoms with Gasteiger partial charge in [0.1, 0.15) is 0 Å². The first-order valence-electron chi connectivity index (χ1n) is 6.38. The number of ether oxygens (including phenoxy) is 2. The van der Waals surface area contributed by atoms with Crippen LogP contribution in [-0.2, 0) is 23.8 Å². The zero-order valence-electron chi connectivity index (χ0n) is 13.2. The molecule has 0 atom stereocenters. The van der Waals surface area contributed by atoms with E-state index >= 15 is 0 Å². The first-order valence-corrected chi connectivity index (χ1v) is 8.20. The summed E-state index contributed by atoms with van der Waals surface area (Å²) < 4.78 is 36.3. The van der Waals surface area contributed by atoms with Crippen LogP contribution in [0.25, 0.3) is 0 Å². The Morgan fingerprint density at radius 1 is 1.10 bits per heavy atom. The number of methoxy groups -OCH3 is 2. The normalized spacial score (nSPS) is 14.8. The molecule has 0 rings (SSSR count). The topological polar surface area (TPSA) is 61.8 Å². The maximum absolute atomic E-state index is 10.7. The van der Waals surface area contributed by atoms with Gasteiger partial charge in [0.2, 0.25) is 0 Å². The highest BCUT2D eigenvalue weighted by Gasteiger charge is 2.04. The molecule has 0 radical (unpaired) electrons. The summed E-state index contributed by atoms with van der Waals surface area (Å²) in [5, 5.41) is 0. The summed E-state index contributed by atoms with van der Waals surface area (Å²) in [5.41, 5.74) is 1.93. The van der Waals surface area contributed by atoms with E-state index in [2.05, 4.69) is 4.18 Å². The molecule has 5 nitrogen and oxygen atoms in total. The molecule has 0 aromatic carbocycles. The van der Waals surface area contributed by atoms with Crippen LogP contribution >= 0.6 is 0 Å². The Bertz CT molecular complexity index is 508. The Labute approximate surface area is 127 Å². The van der Waals surface area contributed by atoms with Crippen LogP contribution in [0, 0.1) is 0 Å². The SMILES string of the molecule is COC(OC)C(C)=CC=CC=C(C)C=CCOS(C)(=O)=O. The van der Waals surface area contributed by atoms with E-state index in [9.17, 15) is 8.42 Å². The smallest absolute Gasteiger partial charge is 0.264 e. The van der Waals surface area contributed by atoms with Crippen molar-refractivity contribution in [2.24, 2.45) is 0 Å². The van der Waals surface area contributed by atoms with Crippen molar-refractivity contribution in [1.29, 1.82) is 0 Å². The third-order valence-corrected chi connectivity index (χ3v) is 2.95. The molecule has 0 saturated carbocycles. The van der Waals surface area contributed by atoms with Gasteiger partial charge in [-0.15, -0.1) is 0 Å². The Hall–Kier alpha value is -1.21. The first-order chi connectivity index (χ1) is 9.80. The lowest BCUT2D eigenvalue weighted by Gasteiger charge is -2.12. The molecule has 0 amide bonds. The quantitative estimate of drug-likeness (QED) is 0.372. The monoisotopic (exact) mass is 316 g/mol. The molecule has 0 unspecified atom stereocenters. The largest absolute Gasteiger partial charge is 0.352 e. The molecule has 0 aromatic rings. The maximum atomic E-state index is 10.7. The van der Waals surface area contributed by atoms with Gasteiger partial charge in [0.15, 0.2) is 6.29 Å². The van der Waals surface area contributed by atoms with Gasteiger partial charge >= 0.3 is 0 Å². The molecule has 0 aromatic heterocycles. The molecule has 0 aliphatic rings. The Kier molecular flexibility index (Phi) is 9.90. The third-order valence-electron chi connectivity index (χ3n) is 2.39. The van der Waals surface area contributed by atoms with Crippen molar-refractivity contribution in [3.63, 3.8) is 0 Å². The molecule has 0 saturated heterocycles. The van der Waals surface area contributed by atoms with E-state index in [0.29, 0.717) is 0 Å². The molecule has 0 aliphatic carbocycles. The van der Waals surface area contributed by atoms with Gasteiger partial charge in [-0.1, -0.05) is 42.0 Å². The number of hydrogen-bond acceptors (Lipinski definition) is 5. The van der Waals surface area contributed by atoms with Crippen LogP contribution in [0.4, 0.5) is 0 Å². The minimum atomic E-state index is -3.38. The van der Waals surface area contributed by atoms with Crippen molar-refractivity contribution in [2.45, 2.75) is 20.1 Å². The second kappa shape index (κ2) is 10.5. The molecular formula is C15H24O5S. The third kappa shape index (κ3) is 11.2. The van der Waals surface area contributed by atoms with E-state index < -0.39 is 10.1 Å². The van der Waals surface area contributed by atoms with E-state index in [1.54, 1.807) is 26.4 Å². The highest BCUT2D eigenvalue weighted by Crippen LogP contribution is 2.06. The van der Waals surface area contributed by atoms with Crippen LogP contribution in [-0.4, -0.2) is 41.8 Å². The van der Waals surface area contributed by atoms with Gasteiger partial charge in [0, 0.05) is 14.2 Å². The lowest BCUT2D eigenvalue weighted by atomic mass is 10.2. The summed E-state index contributed by atoms with van der Waals surface area (Å²) in [6.45, 7) is 3.86. The van der Waals surface area contributed by atoms with Gasteiger partial charge in [-0.2, -0.15) is 8.42 Å².